The Balaban J connectivity index is 1.63. The fourth-order valence-electron chi connectivity index (χ4n) is 3.76. The van der Waals surface area contributed by atoms with Crippen molar-refractivity contribution in [2.45, 2.75) is 51.0 Å². The second-order valence-corrected chi connectivity index (χ2v) is 6.90. The quantitative estimate of drug-likeness (QED) is 0.810. The third-order valence-corrected chi connectivity index (χ3v) is 5.04. The summed E-state index contributed by atoms with van der Waals surface area (Å²) in [7, 11) is 0. The molecule has 124 valence electrons. The number of imide groups is 1. The Bertz CT molecular complexity index is 826. The molecule has 2 aliphatic rings. The normalized spacial score (nSPS) is 22.9. The summed E-state index contributed by atoms with van der Waals surface area (Å²) in [6, 6.07) is 7.92. The molecule has 4 rings (SSSR count). The van der Waals surface area contributed by atoms with E-state index in [1.54, 1.807) is 0 Å². The Hall–Kier alpha value is -2.50. The average molecular weight is 325 g/mol. The number of aromatic nitrogens is 2. The van der Waals surface area contributed by atoms with Crippen LogP contribution in [0.5, 0.6) is 0 Å². The molecule has 1 aliphatic heterocycles. The monoisotopic (exact) mass is 325 g/mol. The van der Waals surface area contributed by atoms with E-state index in [0.29, 0.717) is 18.1 Å². The van der Waals surface area contributed by atoms with Crippen molar-refractivity contribution in [3.8, 4) is 0 Å². The van der Waals surface area contributed by atoms with Gasteiger partial charge in [0, 0.05) is 12.3 Å². The lowest BCUT2D eigenvalue weighted by molar-refractivity contribution is -0.140. The molecule has 1 aromatic carbocycles. The zero-order valence-electron chi connectivity index (χ0n) is 13.8. The van der Waals surface area contributed by atoms with Crippen molar-refractivity contribution in [1.29, 1.82) is 0 Å². The van der Waals surface area contributed by atoms with Crippen LogP contribution >= 0.6 is 0 Å². The third-order valence-electron chi connectivity index (χ3n) is 5.04. The lowest BCUT2D eigenvalue weighted by Gasteiger charge is -2.22. The van der Waals surface area contributed by atoms with Crippen molar-refractivity contribution in [3.05, 3.63) is 47.1 Å². The highest BCUT2D eigenvalue weighted by atomic mass is 16.5. The maximum atomic E-state index is 13.1. The molecule has 1 saturated heterocycles. The highest BCUT2D eigenvalue weighted by Crippen LogP contribution is 2.46. The number of aryl methyl sites for hydroxylation is 1. The minimum Gasteiger partial charge on any atom is -0.339 e. The second-order valence-electron chi connectivity index (χ2n) is 6.90. The van der Waals surface area contributed by atoms with Gasteiger partial charge in [0.2, 0.25) is 17.7 Å². The SMILES string of the molecule is CC(C)c1nc(CN2C(=O)C[C@@]3(CCc4ccccc43)C2=O)no1. The summed E-state index contributed by atoms with van der Waals surface area (Å²) in [6.07, 6.45) is 1.76. The maximum absolute atomic E-state index is 13.1. The van der Waals surface area contributed by atoms with Gasteiger partial charge < -0.3 is 4.52 Å². The van der Waals surface area contributed by atoms with E-state index in [4.69, 9.17) is 4.52 Å². The number of nitrogens with zero attached hydrogens (tertiary/aromatic N) is 3. The molecule has 6 heteroatoms. The van der Waals surface area contributed by atoms with Crippen LogP contribution in [0.4, 0.5) is 0 Å². The Morgan fingerprint density at radius 1 is 1.29 bits per heavy atom. The molecule has 1 fully saturated rings. The molecule has 24 heavy (non-hydrogen) atoms. The predicted octanol–water partition coefficient (Wildman–Crippen LogP) is 2.34. The fourth-order valence-corrected chi connectivity index (χ4v) is 3.76. The van der Waals surface area contributed by atoms with E-state index in [1.807, 2.05) is 38.1 Å². The lowest BCUT2D eigenvalue weighted by Crippen LogP contribution is -2.37. The number of likely N-dealkylation sites (tertiary alicyclic amines) is 1. The van der Waals surface area contributed by atoms with E-state index in [9.17, 15) is 9.59 Å². The summed E-state index contributed by atoms with van der Waals surface area (Å²) in [5.41, 5.74) is 1.47. The van der Waals surface area contributed by atoms with Crippen molar-refractivity contribution in [1.82, 2.24) is 15.0 Å². The van der Waals surface area contributed by atoms with Crippen molar-refractivity contribution in [3.63, 3.8) is 0 Å². The minimum atomic E-state index is -0.696. The zero-order chi connectivity index (χ0) is 16.9. The number of fused-ring (bicyclic) bond motifs is 2. The van der Waals surface area contributed by atoms with Crippen LogP contribution in [0.3, 0.4) is 0 Å². The number of benzene rings is 1. The molecular formula is C18H19N3O3. The molecule has 0 radical (unpaired) electrons. The summed E-state index contributed by atoms with van der Waals surface area (Å²) in [5, 5.41) is 3.90. The van der Waals surface area contributed by atoms with Gasteiger partial charge in [-0.1, -0.05) is 43.3 Å². The standard InChI is InChI=1S/C18H19N3O3/c1-11(2)16-19-14(20-24-16)10-21-15(22)9-18(17(21)23)8-7-12-5-3-4-6-13(12)18/h3-6,11H,7-10H2,1-2H3/t18-/m1/s1. The van der Waals surface area contributed by atoms with Gasteiger partial charge in [0.1, 0.15) is 0 Å². The number of rotatable bonds is 3. The smallest absolute Gasteiger partial charge is 0.240 e. The van der Waals surface area contributed by atoms with Crippen molar-refractivity contribution < 1.29 is 14.1 Å². The van der Waals surface area contributed by atoms with E-state index in [0.717, 1.165) is 12.0 Å². The van der Waals surface area contributed by atoms with E-state index in [2.05, 4.69) is 10.1 Å². The molecule has 2 aromatic rings. The van der Waals surface area contributed by atoms with Crippen molar-refractivity contribution >= 4 is 11.8 Å². The van der Waals surface area contributed by atoms with Gasteiger partial charge >= 0.3 is 0 Å². The Kier molecular flexibility index (Phi) is 3.30. The molecule has 0 N–H and O–H groups in total. The zero-order valence-corrected chi connectivity index (χ0v) is 13.8. The van der Waals surface area contributed by atoms with Gasteiger partial charge in [0.15, 0.2) is 5.82 Å². The number of hydrogen-bond donors (Lipinski definition) is 0. The van der Waals surface area contributed by atoms with Gasteiger partial charge in [-0.3, -0.25) is 14.5 Å². The lowest BCUT2D eigenvalue weighted by atomic mass is 9.80. The topological polar surface area (TPSA) is 76.3 Å². The summed E-state index contributed by atoms with van der Waals surface area (Å²) in [4.78, 5) is 31.2. The Labute approximate surface area is 139 Å². The molecule has 2 heterocycles. The Morgan fingerprint density at radius 2 is 2.08 bits per heavy atom. The molecule has 0 unspecified atom stereocenters. The van der Waals surface area contributed by atoms with Crippen LogP contribution < -0.4 is 0 Å². The first kappa shape index (κ1) is 15.1. The van der Waals surface area contributed by atoms with Crippen LogP contribution in [0.1, 0.15) is 55.4 Å². The Morgan fingerprint density at radius 3 is 2.83 bits per heavy atom. The molecule has 0 saturated carbocycles. The van der Waals surface area contributed by atoms with Gasteiger partial charge in [-0.05, 0) is 24.0 Å². The first-order valence-corrected chi connectivity index (χ1v) is 8.27. The number of carbonyl (C=O) groups excluding carboxylic acids is 2. The molecule has 1 aromatic heterocycles. The van der Waals surface area contributed by atoms with Gasteiger partial charge in [0.05, 0.1) is 12.0 Å². The maximum Gasteiger partial charge on any atom is 0.240 e. The predicted molar refractivity (Wildman–Crippen MR) is 85.0 cm³/mol. The molecule has 6 nitrogen and oxygen atoms in total. The molecular weight excluding hydrogens is 306 g/mol. The molecule has 2 amide bonds. The summed E-state index contributed by atoms with van der Waals surface area (Å²) >= 11 is 0. The van der Waals surface area contributed by atoms with Crippen LogP contribution in [0.15, 0.2) is 28.8 Å². The van der Waals surface area contributed by atoms with E-state index in [-0.39, 0.29) is 30.7 Å². The summed E-state index contributed by atoms with van der Waals surface area (Å²) in [6.45, 7) is 3.99. The first-order chi connectivity index (χ1) is 11.5. The van der Waals surface area contributed by atoms with Crippen LogP contribution in [-0.4, -0.2) is 26.9 Å². The minimum absolute atomic E-state index is 0.0812. The number of hydrogen-bond acceptors (Lipinski definition) is 5. The van der Waals surface area contributed by atoms with Gasteiger partial charge in [-0.25, -0.2) is 0 Å². The third kappa shape index (κ3) is 2.09. The molecule has 0 bridgehead atoms. The van der Waals surface area contributed by atoms with Crippen LogP contribution in [0.25, 0.3) is 0 Å². The summed E-state index contributed by atoms with van der Waals surface area (Å²) < 4.78 is 5.17. The number of carbonyl (C=O) groups is 2. The fraction of sp³-hybridized carbons (Fsp3) is 0.444. The van der Waals surface area contributed by atoms with Crippen LogP contribution in [-0.2, 0) is 28.0 Å². The average Bonchev–Trinajstić information content (AvgIpc) is 3.23. The van der Waals surface area contributed by atoms with E-state index in [1.165, 1.54) is 10.5 Å². The van der Waals surface area contributed by atoms with Crippen LogP contribution in [0, 0.1) is 0 Å². The van der Waals surface area contributed by atoms with Gasteiger partial charge in [-0.15, -0.1) is 0 Å². The molecule has 1 aliphatic carbocycles. The highest BCUT2D eigenvalue weighted by Gasteiger charge is 2.55. The van der Waals surface area contributed by atoms with Gasteiger partial charge in [0.25, 0.3) is 0 Å². The highest BCUT2D eigenvalue weighted by molar-refractivity contribution is 6.09. The molecule has 1 spiro atoms. The van der Waals surface area contributed by atoms with E-state index < -0.39 is 5.41 Å². The largest absolute Gasteiger partial charge is 0.339 e. The van der Waals surface area contributed by atoms with Crippen molar-refractivity contribution in [2.24, 2.45) is 0 Å². The first-order valence-electron chi connectivity index (χ1n) is 8.27. The van der Waals surface area contributed by atoms with Crippen molar-refractivity contribution in [2.75, 3.05) is 0 Å². The molecule has 1 atom stereocenters. The van der Waals surface area contributed by atoms with E-state index >= 15 is 0 Å². The van der Waals surface area contributed by atoms with Crippen LogP contribution in [0.2, 0.25) is 0 Å². The summed E-state index contributed by atoms with van der Waals surface area (Å²) in [5.74, 6) is 0.721. The second kappa shape index (κ2) is 5.26. The number of amides is 2. The van der Waals surface area contributed by atoms with Gasteiger partial charge in [-0.2, -0.15) is 4.98 Å².